The number of hydrogen-bond acceptors (Lipinski definition) is 3. The topological polar surface area (TPSA) is 48.5 Å². The number of halogens is 2. The number of benzene rings is 2. The molecule has 0 saturated carbocycles. The second kappa shape index (κ2) is 7.02. The van der Waals surface area contributed by atoms with Crippen molar-refractivity contribution in [2.24, 2.45) is 0 Å². The Hall–Kier alpha value is -2.50. The van der Waals surface area contributed by atoms with Crippen molar-refractivity contribution in [3.8, 4) is 0 Å². The average Bonchev–Trinajstić information content (AvgIpc) is 3.10. The van der Waals surface area contributed by atoms with Gasteiger partial charge in [0.15, 0.2) is 5.69 Å². The molecule has 5 nitrogen and oxygen atoms in total. The molecule has 0 aliphatic heterocycles. The number of esters is 1. The van der Waals surface area contributed by atoms with Crippen LogP contribution in [-0.2, 0) is 11.3 Å². The van der Waals surface area contributed by atoms with Crippen molar-refractivity contribution in [1.82, 2.24) is 14.0 Å². The van der Waals surface area contributed by atoms with Crippen LogP contribution in [0.25, 0.3) is 16.8 Å². The van der Waals surface area contributed by atoms with E-state index in [1.54, 1.807) is 0 Å². The number of imidazole rings is 2. The van der Waals surface area contributed by atoms with Gasteiger partial charge in [0.1, 0.15) is 0 Å². The summed E-state index contributed by atoms with van der Waals surface area (Å²) >= 11 is 6.34. The van der Waals surface area contributed by atoms with Gasteiger partial charge in [-0.2, -0.15) is 0 Å². The fourth-order valence-electron chi connectivity index (χ4n) is 3.20. The highest BCUT2D eigenvalue weighted by molar-refractivity contribution is 6.31. The lowest BCUT2D eigenvalue weighted by Crippen LogP contribution is -2.06. The third-order valence-corrected chi connectivity index (χ3v) is 4.72. The van der Waals surface area contributed by atoms with Crippen LogP contribution in [0.3, 0.4) is 0 Å². The highest BCUT2D eigenvalue weighted by Gasteiger charge is 2.23. The van der Waals surface area contributed by atoms with Gasteiger partial charge in [-0.1, -0.05) is 41.9 Å². The molecule has 0 fully saturated rings. The van der Waals surface area contributed by atoms with Crippen molar-refractivity contribution in [2.75, 3.05) is 7.11 Å². The standard InChI is InChI=1S/C19H16ClN3O2.ClH/c1-12-17(18(24)25-2)23-16-10-6-5-9-15(16)22(19(23)21-12)11-13-7-3-4-8-14(13)20;/h3-10H,11H2,1-2H3;1H. The zero-order valence-electron chi connectivity index (χ0n) is 14.3. The second-order valence-electron chi connectivity index (χ2n) is 5.84. The van der Waals surface area contributed by atoms with Crippen LogP contribution in [0.1, 0.15) is 21.7 Å². The second-order valence-corrected chi connectivity index (χ2v) is 6.25. The van der Waals surface area contributed by atoms with E-state index in [-0.39, 0.29) is 12.4 Å². The number of para-hydroxylation sites is 2. The van der Waals surface area contributed by atoms with Gasteiger partial charge in [-0.05, 0) is 30.7 Å². The average molecular weight is 390 g/mol. The summed E-state index contributed by atoms with van der Waals surface area (Å²) in [5.41, 5.74) is 3.97. The fourth-order valence-corrected chi connectivity index (χ4v) is 3.40. The molecule has 0 radical (unpaired) electrons. The summed E-state index contributed by atoms with van der Waals surface area (Å²) in [6.45, 7) is 2.38. The van der Waals surface area contributed by atoms with Crippen LogP contribution in [0.2, 0.25) is 5.02 Å². The number of aromatic nitrogens is 3. The number of hydrogen-bond donors (Lipinski definition) is 0. The molecular weight excluding hydrogens is 373 g/mol. The first-order chi connectivity index (χ1) is 12.1. The fraction of sp³-hybridized carbons (Fsp3) is 0.158. The lowest BCUT2D eigenvalue weighted by molar-refractivity contribution is 0.0592. The van der Waals surface area contributed by atoms with E-state index in [4.69, 9.17) is 16.3 Å². The van der Waals surface area contributed by atoms with Gasteiger partial charge in [0.05, 0.1) is 30.4 Å². The molecule has 0 atom stereocenters. The van der Waals surface area contributed by atoms with E-state index in [1.807, 2.05) is 59.9 Å². The summed E-state index contributed by atoms with van der Waals surface area (Å²) in [5, 5.41) is 0.704. The number of methoxy groups -OCH3 is 1. The summed E-state index contributed by atoms with van der Waals surface area (Å²) in [4.78, 5) is 16.9. The monoisotopic (exact) mass is 389 g/mol. The minimum absolute atomic E-state index is 0. The van der Waals surface area contributed by atoms with Crippen molar-refractivity contribution < 1.29 is 9.53 Å². The third kappa shape index (κ3) is 2.73. The van der Waals surface area contributed by atoms with Gasteiger partial charge in [-0.15, -0.1) is 12.4 Å². The van der Waals surface area contributed by atoms with Crippen LogP contribution in [0.4, 0.5) is 0 Å². The van der Waals surface area contributed by atoms with Gasteiger partial charge in [-0.25, -0.2) is 9.78 Å². The normalized spacial score (nSPS) is 10.9. The number of carbonyl (C=O) groups is 1. The van der Waals surface area contributed by atoms with Crippen LogP contribution in [0.15, 0.2) is 48.5 Å². The zero-order chi connectivity index (χ0) is 17.6. The van der Waals surface area contributed by atoms with Crippen LogP contribution in [0, 0.1) is 6.92 Å². The molecule has 2 aromatic heterocycles. The van der Waals surface area contributed by atoms with Gasteiger partial charge >= 0.3 is 5.97 Å². The van der Waals surface area contributed by atoms with Gasteiger partial charge < -0.3 is 9.30 Å². The van der Waals surface area contributed by atoms with E-state index in [2.05, 4.69) is 9.55 Å². The molecule has 0 N–H and O–H groups in total. The molecule has 2 aromatic carbocycles. The van der Waals surface area contributed by atoms with E-state index in [1.165, 1.54) is 7.11 Å². The lowest BCUT2D eigenvalue weighted by atomic mass is 10.2. The lowest BCUT2D eigenvalue weighted by Gasteiger charge is -2.07. The number of ether oxygens (including phenoxy) is 1. The molecule has 2 heterocycles. The largest absolute Gasteiger partial charge is 0.464 e. The zero-order valence-corrected chi connectivity index (χ0v) is 15.8. The maximum atomic E-state index is 12.3. The van der Waals surface area contributed by atoms with E-state index in [0.29, 0.717) is 28.7 Å². The smallest absolute Gasteiger partial charge is 0.357 e. The Kier molecular flexibility index (Phi) is 4.94. The third-order valence-electron chi connectivity index (χ3n) is 4.35. The molecule has 0 spiro atoms. The van der Waals surface area contributed by atoms with E-state index in [9.17, 15) is 4.79 Å². The first-order valence-corrected chi connectivity index (χ1v) is 8.27. The van der Waals surface area contributed by atoms with Crippen molar-refractivity contribution >= 4 is 46.8 Å². The Morgan fingerprint density at radius 2 is 1.77 bits per heavy atom. The molecule has 26 heavy (non-hydrogen) atoms. The van der Waals surface area contributed by atoms with Crippen LogP contribution >= 0.6 is 24.0 Å². The van der Waals surface area contributed by atoms with E-state index in [0.717, 1.165) is 16.6 Å². The Balaban J connectivity index is 0.00000196. The number of nitrogens with zero attached hydrogens (tertiary/aromatic N) is 3. The maximum Gasteiger partial charge on any atom is 0.357 e. The summed E-state index contributed by atoms with van der Waals surface area (Å²) < 4.78 is 8.87. The summed E-state index contributed by atoms with van der Waals surface area (Å²) in [7, 11) is 1.38. The summed E-state index contributed by atoms with van der Waals surface area (Å²) in [5.74, 6) is 0.296. The number of fused-ring (bicyclic) bond motifs is 3. The summed E-state index contributed by atoms with van der Waals surface area (Å²) in [6.07, 6.45) is 0. The molecule has 4 aromatic rings. The van der Waals surface area contributed by atoms with Crippen LogP contribution in [0.5, 0.6) is 0 Å². The minimum Gasteiger partial charge on any atom is -0.464 e. The Bertz CT molecular complexity index is 1110. The van der Waals surface area contributed by atoms with E-state index < -0.39 is 5.97 Å². The quantitative estimate of drug-likeness (QED) is 0.484. The van der Waals surface area contributed by atoms with Crippen molar-refractivity contribution in [1.29, 1.82) is 0 Å². The van der Waals surface area contributed by atoms with Crippen LogP contribution in [-0.4, -0.2) is 27.0 Å². The Morgan fingerprint density at radius 1 is 1.12 bits per heavy atom. The molecular formula is C19H17Cl2N3O2. The predicted molar refractivity (Wildman–Crippen MR) is 105 cm³/mol. The molecule has 0 saturated heterocycles. The highest BCUT2D eigenvalue weighted by Crippen LogP contribution is 2.27. The molecule has 0 aliphatic rings. The summed E-state index contributed by atoms with van der Waals surface area (Å²) in [6, 6.07) is 15.6. The SMILES string of the molecule is COC(=O)c1c(C)nc2n(Cc3ccccc3Cl)c3ccccc3n12.Cl. The molecule has 4 rings (SSSR count). The van der Waals surface area contributed by atoms with Crippen molar-refractivity contribution in [3.63, 3.8) is 0 Å². The van der Waals surface area contributed by atoms with E-state index >= 15 is 0 Å². The first kappa shape index (κ1) is 18.3. The Labute approximate surface area is 161 Å². The molecule has 0 aliphatic carbocycles. The number of rotatable bonds is 3. The van der Waals surface area contributed by atoms with Crippen molar-refractivity contribution in [3.05, 3.63) is 70.5 Å². The molecule has 7 heteroatoms. The predicted octanol–water partition coefficient (Wildman–Crippen LogP) is 4.51. The molecule has 0 unspecified atom stereocenters. The van der Waals surface area contributed by atoms with Gasteiger partial charge in [0, 0.05) is 5.02 Å². The van der Waals surface area contributed by atoms with Gasteiger partial charge in [-0.3, -0.25) is 4.40 Å². The minimum atomic E-state index is -0.398. The number of aryl methyl sites for hydroxylation is 1. The Morgan fingerprint density at radius 3 is 2.46 bits per heavy atom. The first-order valence-electron chi connectivity index (χ1n) is 7.90. The molecule has 0 amide bonds. The molecule has 0 bridgehead atoms. The highest BCUT2D eigenvalue weighted by atomic mass is 35.5. The van der Waals surface area contributed by atoms with Crippen LogP contribution < -0.4 is 0 Å². The maximum absolute atomic E-state index is 12.3. The number of carbonyl (C=O) groups excluding carboxylic acids is 1. The van der Waals surface area contributed by atoms with Gasteiger partial charge in [0.25, 0.3) is 0 Å². The van der Waals surface area contributed by atoms with Crippen molar-refractivity contribution in [2.45, 2.75) is 13.5 Å². The molecule has 134 valence electrons. The van der Waals surface area contributed by atoms with Gasteiger partial charge in [0.2, 0.25) is 5.78 Å².